The maximum absolute atomic E-state index is 11.4. The van der Waals surface area contributed by atoms with Crippen LogP contribution in [0.25, 0.3) is 17.1 Å². The lowest BCUT2D eigenvalue weighted by atomic mass is 10.1. The number of allylic oxidation sites excluding steroid dienone is 2. The molecule has 0 aliphatic carbocycles. The summed E-state index contributed by atoms with van der Waals surface area (Å²) in [4.78, 5) is 26.9. The normalized spacial score (nSPS) is 14.6. The topological polar surface area (TPSA) is 89.9 Å². The number of imidazole rings is 1. The Kier molecular flexibility index (Phi) is 5.68. The third kappa shape index (κ3) is 3.63. The van der Waals surface area contributed by atoms with Crippen LogP contribution in [0, 0.1) is 0 Å². The highest BCUT2D eigenvalue weighted by Gasteiger charge is 2.28. The number of hydrogen-bond acceptors (Lipinski definition) is 4. The summed E-state index contributed by atoms with van der Waals surface area (Å²) in [6, 6.07) is 10.3. The zero-order valence-corrected chi connectivity index (χ0v) is 19.1. The van der Waals surface area contributed by atoms with Crippen molar-refractivity contribution in [3.8, 4) is 0 Å². The molecule has 1 aromatic heterocycles. The minimum atomic E-state index is -0.947. The van der Waals surface area contributed by atoms with Crippen molar-refractivity contribution in [2.24, 2.45) is 7.05 Å². The summed E-state index contributed by atoms with van der Waals surface area (Å²) in [5.74, 6) is -0.00224. The van der Waals surface area contributed by atoms with Crippen LogP contribution in [0.5, 0.6) is 0 Å². The molecule has 0 bridgehead atoms. The second kappa shape index (κ2) is 8.46. The summed E-state index contributed by atoms with van der Waals surface area (Å²) in [5.41, 5.74) is 4.16. The summed E-state index contributed by atoms with van der Waals surface area (Å²) in [5, 5.41) is 18.7. The van der Waals surface area contributed by atoms with Gasteiger partial charge in [-0.1, -0.05) is 6.08 Å². The van der Waals surface area contributed by atoms with Crippen molar-refractivity contribution < 1.29 is 24.4 Å². The summed E-state index contributed by atoms with van der Waals surface area (Å²) < 4.78 is 4.13. The molecule has 2 aromatic carbocycles. The highest BCUT2D eigenvalue weighted by Crippen LogP contribution is 2.41. The van der Waals surface area contributed by atoms with Gasteiger partial charge in [-0.2, -0.15) is 0 Å². The van der Waals surface area contributed by atoms with Crippen LogP contribution in [0.4, 0.5) is 11.4 Å². The molecule has 0 radical (unpaired) electrons. The standard InChI is InChI=1S/C25H26N4O4/c1-5-28-18-12-10-16(24(30)31)14-20(18)26(3)22(28)8-7-9-23-27(4)21-15-17(25(32)33)11-13-19(21)29(23)6-2/h7-15H,5-6H2,1-4H3,(H-,30,31,32,33)/p+1. The lowest BCUT2D eigenvalue weighted by Crippen LogP contribution is -2.34. The molecule has 0 fully saturated rings. The smallest absolute Gasteiger partial charge is 0.335 e. The lowest BCUT2D eigenvalue weighted by Gasteiger charge is -2.20. The van der Waals surface area contributed by atoms with E-state index in [1.54, 1.807) is 24.3 Å². The van der Waals surface area contributed by atoms with Crippen LogP contribution in [0.3, 0.4) is 0 Å². The summed E-state index contributed by atoms with van der Waals surface area (Å²) in [6.07, 6.45) is 5.98. The van der Waals surface area contributed by atoms with E-state index in [4.69, 9.17) is 0 Å². The van der Waals surface area contributed by atoms with E-state index in [9.17, 15) is 19.8 Å². The minimum Gasteiger partial charge on any atom is -0.478 e. The van der Waals surface area contributed by atoms with Crippen LogP contribution >= 0.6 is 0 Å². The number of carbonyl (C=O) groups is 2. The molecule has 1 aliphatic rings. The molecule has 3 aromatic rings. The number of aromatic nitrogens is 2. The lowest BCUT2D eigenvalue weighted by molar-refractivity contribution is -0.670. The fraction of sp³-hybridized carbons (Fsp3) is 0.240. The van der Waals surface area contributed by atoms with E-state index < -0.39 is 11.9 Å². The van der Waals surface area contributed by atoms with Crippen LogP contribution < -0.4 is 14.4 Å². The fourth-order valence-corrected chi connectivity index (χ4v) is 4.45. The van der Waals surface area contributed by atoms with Crippen molar-refractivity contribution in [2.75, 3.05) is 23.4 Å². The van der Waals surface area contributed by atoms with Gasteiger partial charge in [-0.25, -0.2) is 18.7 Å². The number of carboxylic acid groups (broad SMARTS) is 2. The average molecular weight is 448 g/mol. The number of hydrogen-bond donors (Lipinski definition) is 2. The Bertz CT molecular complexity index is 1340. The molecule has 0 amide bonds. The van der Waals surface area contributed by atoms with E-state index in [0.29, 0.717) is 0 Å². The number of benzene rings is 2. The molecule has 0 saturated heterocycles. The van der Waals surface area contributed by atoms with Crippen LogP contribution in [0.1, 0.15) is 40.4 Å². The molecule has 0 atom stereocenters. The molecule has 0 spiro atoms. The third-order valence-electron chi connectivity index (χ3n) is 6.11. The first kappa shape index (κ1) is 22.1. The second-order valence-corrected chi connectivity index (χ2v) is 7.87. The van der Waals surface area contributed by atoms with E-state index in [1.165, 1.54) is 0 Å². The predicted molar refractivity (Wildman–Crippen MR) is 128 cm³/mol. The third-order valence-corrected chi connectivity index (χ3v) is 6.11. The predicted octanol–water partition coefficient (Wildman–Crippen LogP) is 3.71. The zero-order valence-electron chi connectivity index (χ0n) is 19.1. The number of aryl methyl sites for hydroxylation is 2. The van der Waals surface area contributed by atoms with Crippen molar-refractivity contribution in [2.45, 2.75) is 20.4 Å². The Labute approximate surface area is 191 Å². The SMILES string of the molecule is CCN1C(=CC=Cc2n(C)c3cc(C(=O)O)ccc3[n+]2CC)N(C)c2cc(C(=O)O)ccc21. The number of nitrogens with zero attached hydrogens (tertiary/aromatic N) is 4. The van der Waals surface area contributed by atoms with Gasteiger partial charge in [0.25, 0.3) is 5.82 Å². The van der Waals surface area contributed by atoms with Gasteiger partial charge in [0, 0.05) is 25.7 Å². The van der Waals surface area contributed by atoms with Crippen LogP contribution in [-0.4, -0.2) is 40.3 Å². The van der Waals surface area contributed by atoms with Gasteiger partial charge in [0.1, 0.15) is 5.82 Å². The zero-order chi connectivity index (χ0) is 23.9. The van der Waals surface area contributed by atoms with Gasteiger partial charge in [0.05, 0.1) is 36.1 Å². The molecule has 2 heterocycles. The molecule has 2 N–H and O–H groups in total. The van der Waals surface area contributed by atoms with E-state index in [-0.39, 0.29) is 11.1 Å². The largest absolute Gasteiger partial charge is 0.478 e. The van der Waals surface area contributed by atoms with Crippen LogP contribution in [-0.2, 0) is 13.6 Å². The molecule has 33 heavy (non-hydrogen) atoms. The Morgan fingerprint density at radius 2 is 1.64 bits per heavy atom. The van der Waals surface area contributed by atoms with Gasteiger partial charge in [-0.05, 0) is 50.3 Å². The summed E-state index contributed by atoms with van der Waals surface area (Å²) in [6.45, 7) is 5.59. The minimum absolute atomic E-state index is 0.258. The highest BCUT2D eigenvalue weighted by atomic mass is 16.4. The second-order valence-electron chi connectivity index (χ2n) is 7.87. The van der Waals surface area contributed by atoms with Crippen LogP contribution in [0.2, 0.25) is 0 Å². The number of rotatable bonds is 6. The fourth-order valence-electron chi connectivity index (χ4n) is 4.45. The van der Waals surface area contributed by atoms with Crippen molar-refractivity contribution in [1.82, 2.24) is 4.57 Å². The Balaban J connectivity index is 1.73. The molecule has 0 unspecified atom stereocenters. The monoisotopic (exact) mass is 447 g/mol. The molecule has 1 aliphatic heterocycles. The Morgan fingerprint density at radius 3 is 2.27 bits per heavy atom. The molecule has 8 heteroatoms. The quantitative estimate of drug-likeness (QED) is 0.560. The molecule has 0 saturated carbocycles. The summed E-state index contributed by atoms with van der Waals surface area (Å²) >= 11 is 0. The van der Waals surface area contributed by atoms with Gasteiger partial charge in [-0.3, -0.25) is 0 Å². The number of anilines is 2. The molecular weight excluding hydrogens is 420 g/mol. The first-order valence-electron chi connectivity index (χ1n) is 10.8. The van der Waals surface area contributed by atoms with E-state index in [1.807, 2.05) is 53.9 Å². The highest BCUT2D eigenvalue weighted by molar-refractivity contribution is 5.93. The van der Waals surface area contributed by atoms with Crippen molar-refractivity contribution in [3.63, 3.8) is 0 Å². The number of fused-ring (bicyclic) bond motifs is 2. The maximum Gasteiger partial charge on any atom is 0.335 e. The Hall–Kier alpha value is -4.07. The maximum atomic E-state index is 11.4. The van der Waals surface area contributed by atoms with Crippen molar-refractivity contribution in [3.05, 3.63) is 71.3 Å². The molecular formula is C25H27N4O4+. The molecule has 8 nitrogen and oxygen atoms in total. The van der Waals surface area contributed by atoms with E-state index in [2.05, 4.69) is 23.3 Å². The van der Waals surface area contributed by atoms with Gasteiger partial charge in [0.15, 0.2) is 11.0 Å². The van der Waals surface area contributed by atoms with Crippen LogP contribution in [0.15, 0.2) is 54.4 Å². The Morgan fingerprint density at radius 1 is 0.970 bits per heavy atom. The molecule has 170 valence electrons. The summed E-state index contributed by atoms with van der Waals surface area (Å²) in [7, 11) is 3.85. The first-order chi connectivity index (χ1) is 15.8. The van der Waals surface area contributed by atoms with Gasteiger partial charge in [-0.15, -0.1) is 0 Å². The average Bonchev–Trinajstić information content (AvgIpc) is 3.23. The van der Waals surface area contributed by atoms with E-state index in [0.717, 1.165) is 47.1 Å². The van der Waals surface area contributed by atoms with Gasteiger partial charge in [0.2, 0.25) is 0 Å². The van der Waals surface area contributed by atoms with Gasteiger partial charge < -0.3 is 20.0 Å². The van der Waals surface area contributed by atoms with Gasteiger partial charge >= 0.3 is 11.9 Å². The van der Waals surface area contributed by atoms with Crippen molar-refractivity contribution in [1.29, 1.82) is 0 Å². The number of carboxylic acids is 2. The number of aromatic carboxylic acids is 2. The first-order valence-corrected chi connectivity index (χ1v) is 10.8. The van der Waals surface area contributed by atoms with E-state index >= 15 is 0 Å². The molecule has 4 rings (SSSR count). The van der Waals surface area contributed by atoms with Crippen molar-refractivity contribution >= 4 is 40.4 Å².